The highest BCUT2D eigenvalue weighted by Gasteiger charge is 2.17. The number of benzene rings is 2. The van der Waals surface area contributed by atoms with Crippen LogP contribution in [0.5, 0.6) is 0 Å². The van der Waals surface area contributed by atoms with E-state index in [4.69, 9.17) is 5.73 Å². The van der Waals surface area contributed by atoms with Gasteiger partial charge in [0.1, 0.15) is 6.29 Å². The van der Waals surface area contributed by atoms with Crippen LogP contribution in [0.15, 0.2) is 41.3 Å². The predicted octanol–water partition coefficient (Wildman–Crippen LogP) is 0.899. The molecule has 94 valence electrons. The van der Waals surface area contributed by atoms with Gasteiger partial charge in [0.2, 0.25) is 10.0 Å². The Balaban J connectivity index is 2.66. The summed E-state index contributed by atoms with van der Waals surface area (Å²) < 4.78 is 26.2. The third-order valence-electron chi connectivity index (χ3n) is 2.56. The van der Waals surface area contributed by atoms with E-state index in [9.17, 15) is 13.2 Å². The van der Waals surface area contributed by atoms with E-state index in [1.807, 2.05) is 0 Å². The summed E-state index contributed by atoms with van der Waals surface area (Å²) in [5, 5.41) is 1.21. The fraction of sp³-hybridized carbons (Fsp3) is 0.0833. The molecular formula is C12H12N2O3S. The number of sulfonamides is 1. The highest BCUT2D eigenvalue weighted by Crippen LogP contribution is 2.27. The second kappa shape index (κ2) is 4.75. The van der Waals surface area contributed by atoms with Gasteiger partial charge >= 0.3 is 0 Å². The zero-order valence-corrected chi connectivity index (χ0v) is 10.3. The van der Waals surface area contributed by atoms with Gasteiger partial charge in [0.25, 0.3) is 0 Å². The van der Waals surface area contributed by atoms with Gasteiger partial charge in [0.05, 0.1) is 11.4 Å². The van der Waals surface area contributed by atoms with Gasteiger partial charge in [-0.2, -0.15) is 0 Å². The maximum absolute atomic E-state index is 12.0. The van der Waals surface area contributed by atoms with Crippen LogP contribution in [0.1, 0.15) is 0 Å². The number of nitrogens with two attached hydrogens (primary N) is 1. The summed E-state index contributed by atoms with van der Waals surface area (Å²) in [7, 11) is -3.70. The van der Waals surface area contributed by atoms with Crippen molar-refractivity contribution in [2.75, 3.05) is 12.3 Å². The van der Waals surface area contributed by atoms with E-state index in [1.54, 1.807) is 24.3 Å². The van der Waals surface area contributed by atoms with Crippen LogP contribution in [-0.4, -0.2) is 21.2 Å². The average Bonchev–Trinajstić information content (AvgIpc) is 2.37. The number of carbonyl (C=O) groups is 1. The molecule has 5 nitrogen and oxygen atoms in total. The van der Waals surface area contributed by atoms with E-state index < -0.39 is 10.0 Å². The molecule has 0 heterocycles. The number of fused-ring (bicyclic) bond motifs is 1. The zero-order chi connectivity index (χ0) is 13.2. The van der Waals surface area contributed by atoms with E-state index in [0.29, 0.717) is 22.7 Å². The quantitative estimate of drug-likeness (QED) is 0.634. The van der Waals surface area contributed by atoms with Crippen molar-refractivity contribution in [2.24, 2.45) is 0 Å². The SMILES string of the molecule is Nc1ccc(S(=O)(=O)NCC=O)c2ccccc12. The highest BCUT2D eigenvalue weighted by molar-refractivity contribution is 7.89. The van der Waals surface area contributed by atoms with Crippen molar-refractivity contribution in [3.05, 3.63) is 36.4 Å². The Kier molecular flexibility index (Phi) is 3.31. The lowest BCUT2D eigenvalue weighted by molar-refractivity contribution is -0.106. The Morgan fingerprint density at radius 1 is 1.11 bits per heavy atom. The average molecular weight is 264 g/mol. The van der Waals surface area contributed by atoms with E-state index in [0.717, 1.165) is 0 Å². The van der Waals surface area contributed by atoms with Gasteiger partial charge in [-0.25, -0.2) is 13.1 Å². The molecule has 0 atom stereocenters. The number of hydrogen-bond acceptors (Lipinski definition) is 4. The van der Waals surface area contributed by atoms with E-state index in [-0.39, 0.29) is 11.4 Å². The van der Waals surface area contributed by atoms with Gasteiger partial charge in [-0.3, -0.25) is 0 Å². The molecule has 6 heteroatoms. The number of nitrogen functional groups attached to an aromatic ring is 1. The molecular weight excluding hydrogens is 252 g/mol. The summed E-state index contributed by atoms with van der Waals surface area (Å²) in [6.45, 7) is -0.249. The lowest BCUT2D eigenvalue weighted by atomic mass is 10.1. The Hall–Kier alpha value is -1.92. The normalized spacial score (nSPS) is 11.6. The van der Waals surface area contributed by atoms with Crippen molar-refractivity contribution in [1.29, 1.82) is 0 Å². The summed E-state index contributed by atoms with van der Waals surface area (Å²) in [4.78, 5) is 10.4. The third kappa shape index (κ3) is 2.20. The topological polar surface area (TPSA) is 89.3 Å². The molecule has 0 unspecified atom stereocenters. The van der Waals surface area contributed by atoms with Crippen molar-refractivity contribution in [3.8, 4) is 0 Å². The molecule has 18 heavy (non-hydrogen) atoms. The number of carbonyl (C=O) groups excluding carboxylic acids is 1. The molecule has 0 spiro atoms. The van der Waals surface area contributed by atoms with Crippen molar-refractivity contribution < 1.29 is 13.2 Å². The Bertz CT molecular complexity index is 696. The smallest absolute Gasteiger partial charge is 0.241 e. The summed E-state index contributed by atoms with van der Waals surface area (Å²) in [6.07, 6.45) is 0.497. The molecule has 0 fully saturated rings. The number of aldehydes is 1. The summed E-state index contributed by atoms with van der Waals surface area (Å²) in [5.41, 5.74) is 6.31. The van der Waals surface area contributed by atoms with Crippen molar-refractivity contribution in [1.82, 2.24) is 4.72 Å². The van der Waals surface area contributed by atoms with Crippen molar-refractivity contribution in [3.63, 3.8) is 0 Å². The van der Waals surface area contributed by atoms with E-state index >= 15 is 0 Å². The highest BCUT2D eigenvalue weighted by atomic mass is 32.2. The van der Waals surface area contributed by atoms with Gasteiger partial charge in [-0.1, -0.05) is 24.3 Å². The molecule has 0 amide bonds. The monoisotopic (exact) mass is 264 g/mol. The second-order valence-corrected chi connectivity index (χ2v) is 5.45. The van der Waals surface area contributed by atoms with E-state index in [2.05, 4.69) is 4.72 Å². The summed E-state index contributed by atoms with van der Waals surface area (Å²) in [6, 6.07) is 9.93. The Labute approximate surface area is 105 Å². The van der Waals surface area contributed by atoms with Crippen LogP contribution in [0, 0.1) is 0 Å². The van der Waals surface area contributed by atoms with Crippen LogP contribution in [-0.2, 0) is 14.8 Å². The van der Waals surface area contributed by atoms with Crippen LogP contribution in [0.4, 0.5) is 5.69 Å². The first kappa shape index (κ1) is 12.5. The van der Waals surface area contributed by atoms with Crippen molar-refractivity contribution in [2.45, 2.75) is 4.90 Å². The third-order valence-corrected chi connectivity index (χ3v) is 4.05. The zero-order valence-electron chi connectivity index (χ0n) is 9.46. The fourth-order valence-corrected chi connectivity index (χ4v) is 2.91. The minimum Gasteiger partial charge on any atom is -0.398 e. The Morgan fingerprint density at radius 3 is 2.44 bits per heavy atom. The minimum atomic E-state index is -3.70. The molecule has 2 aromatic rings. The maximum Gasteiger partial charge on any atom is 0.241 e. The first-order valence-corrected chi connectivity index (χ1v) is 6.75. The molecule has 0 aliphatic carbocycles. The van der Waals surface area contributed by atoms with Gasteiger partial charge in [0, 0.05) is 16.5 Å². The standard InChI is InChI=1S/C12H12N2O3S/c13-11-5-6-12(18(16,17)14-7-8-15)10-4-2-1-3-9(10)11/h1-6,8,14H,7,13H2. The van der Waals surface area contributed by atoms with Crippen LogP contribution < -0.4 is 10.5 Å². The first-order valence-electron chi connectivity index (χ1n) is 5.27. The summed E-state index contributed by atoms with van der Waals surface area (Å²) >= 11 is 0. The van der Waals surface area contributed by atoms with Crippen molar-refractivity contribution >= 4 is 32.8 Å². The molecule has 2 rings (SSSR count). The second-order valence-electron chi connectivity index (χ2n) is 3.72. The lowest BCUT2D eigenvalue weighted by Gasteiger charge is -2.09. The Morgan fingerprint density at radius 2 is 1.78 bits per heavy atom. The minimum absolute atomic E-state index is 0.120. The lowest BCUT2D eigenvalue weighted by Crippen LogP contribution is -2.25. The molecule has 0 aliphatic rings. The number of hydrogen-bond donors (Lipinski definition) is 2. The van der Waals surface area contributed by atoms with E-state index in [1.165, 1.54) is 12.1 Å². The van der Waals surface area contributed by atoms with Crippen LogP contribution >= 0.6 is 0 Å². The van der Waals surface area contributed by atoms with Crippen LogP contribution in [0.3, 0.4) is 0 Å². The molecule has 2 aromatic carbocycles. The van der Waals surface area contributed by atoms with Gasteiger partial charge < -0.3 is 10.5 Å². The molecule has 0 aliphatic heterocycles. The molecule has 0 radical (unpaired) electrons. The number of anilines is 1. The molecule has 0 saturated heterocycles. The molecule has 0 saturated carbocycles. The molecule has 3 N–H and O–H groups in total. The molecule has 0 bridgehead atoms. The number of nitrogens with one attached hydrogen (secondary N) is 1. The van der Waals surface area contributed by atoms with Gasteiger partial charge in [-0.15, -0.1) is 0 Å². The fourth-order valence-electron chi connectivity index (χ4n) is 1.75. The number of rotatable bonds is 4. The first-order chi connectivity index (χ1) is 8.56. The maximum atomic E-state index is 12.0. The van der Waals surface area contributed by atoms with Gasteiger partial charge in [0.15, 0.2) is 0 Å². The van der Waals surface area contributed by atoms with Crippen LogP contribution in [0.25, 0.3) is 10.8 Å². The molecule has 0 aromatic heterocycles. The summed E-state index contributed by atoms with van der Waals surface area (Å²) in [5.74, 6) is 0. The predicted molar refractivity (Wildman–Crippen MR) is 69.6 cm³/mol. The van der Waals surface area contributed by atoms with Crippen LogP contribution in [0.2, 0.25) is 0 Å². The largest absolute Gasteiger partial charge is 0.398 e. The van der Waals surface area contributed by atoms with Gasteiger partial charge in [-0.05, 0) is 12.1 Å².